The maximum atomic E-state index is 15.8. The highest BCUT2D eigenvalue weighted by Gasteiger charge is 2.30. The first-order chi connectivity index (χ1) is 18.3. The van der Waals surface area contributed by atoms with Crippen molar-refractivity contribution in [3.8, 4) is 0 Å². The van der Waals surface area contributed by atoms with Gasteiger partial charge in [-0.3, -0.25) is 4.98 Å². The van der Waals surface area contributed by atoms with E-state index in [1.165, 1.54) is 96.3 Å². The third-order valence-corrected chi connectivity index (χ3v) is 9.00. The zero-order valence-electron chi connectivity index (χ0n) is 25.9. The molecule has 0 spiro atoms. The molecule has 1 heterocycles. The Morgan fingerprint density at radius 3 is 1.61 bits per heavy atom. The lowest BCUT2D eigenvalue weighted by Crippen LogP contribution is -2.25. The number of fused-ring (bicyclic) bond motifs is 1. The van der Waals surface area contributed by atoms with E-state index in [9.17, 15) is 0 Å². The molecule has 0 amide bonds. The average molecular weight is 527 g/mol. The van der Waals surface area contributed by atoms with Gasteiger partial charge in [-0.05, 0) is 48.8 Å². The van der Waals surface area contributed by atoms with Crippen LogP contribution in [0.3, 0.4) is 0 Å². The van der Waals surface area contributed by atoms with Gasteiger partial charge in [0.2, 0.25) is 0 Å². The number of hydrogen-bond acceptors (Lipinski definition) is 2. The molecule has 0 N–H and O–H groups in total. The van der Waals surface area contributed by atoms with Crippen LogP contribution in [-0.2, 0) is 10.8 Å². The van der Waals surface area contributed by atoms with Gasteiger partial charge in [-0.1, -0.05) is 138 Å². The normalized spacial score (nSPS) is 15.0. The topological polar surface area (TPSA) is 25.8 Å². The number of hydrogen-bond donors (Lipinski definition) is 0. The number of halogens is 1. The molecule has 38 heavy (non-hydrogen) atoms. The van der Waals surface area contributed by atoms with Crippen LogP contribution in [0.5, 0.6) is 0 Å². The van der Waals surface area contributed by atoms with E-state index in [-0.39, 0.29) is 16.6 Å². The van der Waals surface area contributed by atoms with Gasteiger partial charge in [-0.2, -0.15) is 0 Å². The standard InChI is InChI=1S/C35H59FN2/c1-7-11-15-17-21-25-35(6,24-19-14-10-4)32-28-37-31-27-29(26-30(36)33(31)38-32)34(5,22-18-13-9-3)23-20-16-12-8-2/h26-28H,7-25H2,1-6H3. The summed E-state index contributed by atoms with van der Waals surface area (Å²) in [4.78, 5) is 9.86. The van der Waals surface area contributed by atoms with Crippen LogP contribution >= 0.6 is 0 Å². The molecular formula is C35H59FN2. The molecule has 1 aromatic carbocycles. The summed E-state index contributed by atoms with van der Waals surface area (Å²) >= 11 is 0. The number of nitrogens with zero attached hydrogens (tertiary/aromatic N) is 2. The Morgan fingerprint density at radius 1 is 0.605 bits per heavy atom. The molecule has 0 fully saturated rings. The molecule has 2 rings (SSSR count). The van der Waals surface area contributed by atoms with Gasteiger partial charge >= 0.3 is 0 Å². The van der Waals surface area contributed by atoms with Crippen LogP contribution in [0.4, 0.5) is 4.39 Å². The minimum Gasteiger partial charge on any atom is -0.253 e. The van der Waals surface area contributed by atoms with Crippen LogP contribution in [0.25, 0.3) is 11.0 Å². The molecule has 0 aliphatic rings. The van der Waals surface area contributed by atoms with Crippen molar-refractivity contribution in [2.24, 2.45) is 0 Å². The maximum absolute atomic E-state index is 15.8. The van der Waals surface area contributed by atoms with E-state index in [1.807, 2.05) is 6.20 Å². The average Bonchev–Trinajstić information content (AvgIpc) is 2.91. The predicted molar refractivity (Wildman–Crippen MR) is 165 cm³/mol. The van der Waals surface area contributed by atoms with Crippen molar-refractivity contribution < 1.29 is 4.39 Å². The van der Waals surface area contributed by atoms with Gasteiger partial charge in [0, 0.05) is 11.6 Å². The van der Waals surface area contributed by atoms with Gasteiger partial charge in [0.15, 0.2) is 5.82 Å². The monoisotopic (exact) mass is 526 g/mol. The summed E-state index contributed by atoms with van der Waals surface area (Å²) in [5.41, 5.74) is 3.22. The van der Waals surface area contributed by atoms with Crippen molar-refractivity contribution >= 4 is 11.0 Å². The van der Waals surface area contributed by atoms with Crippen LogP contribution in [0.2, 0.25) is 0 Å². The van der Waals surface area contributed by atoms with E-state index in [0.717, 1.165) is 42.5 Å². The SMILES string of the molecule is CCCCCCCC(C)(CCCCC)c1cnc2cc(C(C)(CCCCC)CCCCCC)cc(F)c2n1. The first-order valence-corrected chi connectivity index (χ1v) is 16.3. The van der Waals surface area contributed by atoms with E-state index in [1.54, 1.807) is 6.07 Å². The minimum absolute atomic E-state index is 0.00848. The summed E-state index contributed by atoms with van der Waals surface area (Å²) in [6.45, 7) is 13.7. The van der Waals surface area contributed by atoms with E-state index in [2.05, 4.69) is 47.6 Å². The fraction of sp³-hybridized carbons (Fsp3) is 0.771. The molecular weight excluding hydrogens is 467 g/mol. The highest BCUT2D eigenvalue weighted by atomic mass is 19.1. The van der Waals surface area contributed by atoms with Gasteiger partial charge in [0.1, 0.15) is 5.52 Å². The van der Waals surface area contributed by atoms with Gasteiger partial charge < -0.3 is 0 Å². The largest absolute Gasteiger partial charge is 0.253 e. The molecule has 2 nitrogen and oxygen atoms in total. The Balaban J connectivity index is 2.35. The molecule has 2 unspecified atom stereocenters. The van der Waals surface area contributed by atoms with Crippen molar-refractivity contribution in [3.63, 3.8) is 0 Å². The molecule has 0 bridgehead atoms. The van der Waals surface area contributed by atoms with Crippen LogP contribution in [-0.4, -0.2) is 9.97 Å². The Bertz CT molecular complexity index is 926. The van der Waals surface area contributed by atoms with Gasteiger partial charge in [0.25, 0.3) is 0 Å². The second-order valence-electron chi connectivity index (χ2n) is 12.6. The Kier molecular flexibility index (Phi) is 14.8. The molecule has 2 atom stereocenters. The zero-order valence-corrected chi connectivity index (χ0v) is 25.9. The van der Waals surface area contributed by atoms with E-state index < -0.39 is 0 Å². The smallest absolute Gasteiger partial charge is 0.151 e. The zero-order chi connectivity index (χ0) is 27.9. The van der Waals surface area contributed by atoms with Gasteiger partial charge in [0.05, 0.1) is 11.2 Å². The fourth-order valence-electron chi connectivity index (χ4n) is 6.10. The molecule has 0 aliphatic carbocycles. The summed E-state index contributed by atoms with van der Waals surface area (Å²) in [5, 5.41) is 0. The van der Waals surface area contributed by atoms with Crippen LogP contribution < -0.4 is 0 Å². The Labute approximate surface area is 235 Å². The third-order valence-electron chi connectivity index (χ3n) is 9.00. The highest BCUT2D eigenvalue weighted by Crippen LogP contribution is 2.39. The van der Waals surface area contributed by atoms with Crippen molar-refractivity contribution in [3.05, 3.63) is 35.4 Å². The first kappa shape index (κ1) is 32.7. The van der Waals surface area contributed by atoms with Crippen molar-refractivity contribution in [1.29, 1.82) is 0 Å². The molecule has 0 aliphatic heterocycles. The number of aromatic nitrogens is 2. The summed E-state index contributed by atoms with van der Waals surface area (Å²) in [5.74, 6) is -0.194. The fourth-order valence-corrected chi connectivity index (χ4v) is 6.10. The van der Waals surface area contributed by atoms with Crippen LogP contribution in [0.1, 0.15) is 175 Å². The van der Waals surface area contributed by atoms with E-state index in [0.29, 0.717) is 5.52 Å². The molecule has 216 valence electrons. The third kappa shape index (κ3) is 9.91. The minimum atomic E-state index is -0.194. The predicted octanol–water partition coefficient (Wildman–Crippen LogP) is 11.8. The van der Waals surface area contributed by atoms with Crippen molar-refractivity contribution in [2.75, 3.05) is 0 Å². The van der Waals surface area contributed by atoms with E-state index >= 15 is 4.39 Å². The molecule has 2 aromatic rings. The van der Waals surface area contributed by atoms with Crippen LogP contribution in [0.15, 0.2) is 18.3 Å². The van der Waals surface area contributed by atoms with Gasteiger partial charge in [-0.15, -0.1) is 0 Å². The van der Waals surface area contributed by atoms with Gasteiger partial charge in [-0.25, -0.2) is 9.37 Å². The Hall–Kier alpha value is -1.51. The second kappa shape index (κ2) is 17.2. The summed E-state index contributed by atoms with van der Waals surface area (Å²) in [7, 11) is 0. The highest BCUT2D eigenvalue weighted by molar-refractivity contribution is 5.76. The summed E-state index contributed by atoms with van der Waals surface area (Å²) < 4.78 is 15.8. The van der Waals surface area contributed by atoms with Crippen LogP contribution in [0, 0.1) is 5.82 Å². The lowest BCUT2D eigenvalue weighted by Gasteiger charge is -2.32. The quantitative estimate of drug-likeness (QED) is 0.151. The number of unbranched alkanes of at least 4 members (excludes halogenated alkanes) is 11. The Morgan fingerprint density at radius 2 is 1.05 bits per heavy atom. The molecule has 0 radical (unpaired) electrons. The lowest BCUT2D eigenvalue weighted by molar-refractivity contribution is 0.355. The molecule has 0 saturated heterocycles. The van der Waals surface area contributed by atoms with Crippen molar-refractivity contribution in [2.45, 2.75) is 174 Å². The summed E-state index contributed by atoms with van der Waals surface area (Å²) in [6.07, 6.45) is 25.0. The van der Waals surface area contributed by atoms with Crippen molar-refractivity contribution in [1.82, 2.24) is 9.97 Å². The summed E-state index contributed by atoms with van der Waals surface area (Å²) in [6, 6.07) is 3.95. The lowest BCUT2D eigenvalue weighted by atomic mass is 9.74. The number of rotatable bonds is 21. The first-order valence-electron chi connectivity index (χ1n) is 16.3. The molecule has 0 saturated carbocycles. The maximum Gasteiger partial charge on any atom is 0.151 e. The molecule has 1 aromatic heterocycles. The number of benzene rings is 1. The van der Waals surface area contributed by atoms with E-state index in [4.69, 9.17) is 9.97 Å². The second-order valence-corrected chi connectivity index (χ2v) is 12.6. The molecule has 3 heteroatoms.